The summed E-state index contributed by atoms with van der Waals surface area (Å²) >= 11 is 0. The van der Waals surface area contributed by atoms with Gasteiger partial charge in [0, 0.05) is 30.7 Å². The van der Waals surface area contributed by atoms with E-state index in [-0.39, 0.29) is 19.8 Å². The molecule has 0 spiro atoms. The second-order valence-corrected chi connectivity index (χ2v) is 6.02. The molecule has 0 saturated heterocycles. The van der Waals surface area contributed by atoms with Gasteiger partial charge in [-0.05, 0) is 6.42 Å². The SMILES string of the molecule is CC(C)(COC(=O)CN1C(=O)C=CC1=O)C(O)C(=O)NCCCO. The van der Waals surface area contributed by atoms with Gasteiger partial charge in [0.1, 0.15) is 12.6 Å². The summed E-state index contributed by atoms with van der Waals surface area (Å²) in [7, 11) is 0. The standard InChI is InChI=1S/C15H22N2O7/c1-15(2,13(22)14(23)16-6-3-7-18)9-24-12(21)8-17-10(19)4-5-11(17)20/h4-5,13,18,22H,3,6-9H2,1-2H3,(H,16,23). The van der Waals surface area contributed by atoms with Crippen molar-refractivity contribution in [1.29, 1.82) is 0 Å². The highest BCUT2D eigenvalue weighted by atomic mass is 16.5. The predicted molar refractivity (Wildman–Crippen MR) is 81.3 cm³/mol. The molecule has 1 heterocycles. The maximum absolute atomic E-state index is 11.8. The molecule has 1 aliphatic heterocycles. The van der Waals surface area contributed by atoms with Crippen molar-refractivity contribution in [3.63, 3.8) is 0 Å². The summed E-state index contributed by atoms with van der Waals surface area (Å²) in [6.45, 7) is 2.40. The molecule has 0 radical (unpaired) electrons. The molecular weight excluding hydrogens is 320 g/mol. The van der Waals surface area contributed by atoms with Gasteiger partial charge in [-0.25, -0.2) is 0 Å². The van der Waals surface area contributed by atoms with E-state index in [9.17, 15) is 24.3 Å². The number of aliphatic hydroxyl groups excluding tert-OH is 2. The summed E-state index contributed by atoms with van der Waals surface area (Å²) in [5, 5.41) is 21.1. The van der Waals surface area contributed by atoms with Crippen LogP contribution in [0.2, 0.25) is 0 Å². The highest BCUT2D eigenvalue weighted by Crippen LogP contribution is 2.21. The fourth-order valence-corrected chi connectivity index (χ4v) is 1.85. The molecule has 24 heavy (non-hydrogen) atoms. The van der Waals surface area contributed by atoms with Crippen molar-refractivity contribution in [3.05, 3.63) is 12.2 Å². The summed E-state index contributed by atoms with van der Waals surface area (Å²) in [4.78, 5) is 46.9. The average molecular weight is 342 g/mol. The number of ether oxygens (including phenoxy) is 1. The monoisotopic (exact) mass is 342 g/mol. The second-order valence-electron chi connectivity index (χ2n) is 6.02. The molecule has 0 saturated carbocycles. The topological polar surface area (TPSA) is 133 Å². The van der Waals surface area contributed by atoms with Crippen molar-refractivity contribution in [2.24, 2.45) is 5.41 Å². The van der Waals surface area contributed by atoms with Crippen molar-refractivity contribution >= 4 is 23.7 Å². The molecule has 1 unspecified atom stereocenters. The molecule has 0 bridgehead atoms. The number of carbonyl (C=O) groups excluding carboxylic acids is 4. The molecule has 0 aliphatic carbocycles. The fourth-order valence-electron chi connectivity index (χ4n) is 1.85. The normalized spacial score (nSPS) is 15.6. The van der Waals surface area contributed by atoms with Crippen LogP contribution in [-0.2, 0) is 23.9 Å². The third-order valence-corrected chi connectivity index (χ3v) is 3.42. The summed E-state index contributed by atoms with van der Waals surface area (Å²) in [6, 6.07) is 0. The van der Waals surface area contributed by atoms with E-state index in [1.54, 1.807) is 0 Å². The maximum atomic E-state index is 11.8. The Balaban J connectivity index is 2.45. The van der Waals surface area contributed by atoms with Crippen LogP contribution in [0.5, 0.6) is 0 Å². The van der Waals surface area contributed by atoms with E-state index in [2.05, 4.69) is 5.32 Å². The number of nitrogens with zero attached hydrogens (tertiary/aromatic N) is 1. The third-order valence-electron chi connectivity index (χ3n) is 3.42. The number of hydrogen-bond donors (Lipinski definition) is 3. The van der Waals surface area contributed by atoms with E-state index in [1.165, 1.54) is 13.8 Å². The Bertz CT molecular complexity index is 524. The summed E-state index contributed by atoms with van der Waals surface area (Å²) in [5.74, 6) is -2.65. The molecule has 3 N–H and O–H groups in total. The van der Waals surface area contributed by atoms with Gasteiger partial charge in [0.25, 0.3) is 11.8 Å². The number of amides is 3. The van der Waals surface area contributed by atoms with Gasteiger partial charge in [-0.2, -0.15) is 0 Å². The van der Waals surface area contributed by atoms with Gasteiger partial charge in [-0.1, -0.05) is 13.8 Å². The molecule has 9 nitrogen and oxygen atoms in total. The van der Waals surface area contributed by atoms with Crippen LogP contribution in [0, 0.1) is 5.41 Å². The van der Waals surface area contributed by atoms with Crippen molar-refractivity contribution < 1.29 is 34.1 Å². The molecule has 0 aromatic rings. The number of rotatable bonds is 9. The van der Waals surface area contributed by atoms with Gasteiger partial charge in [-0.3, -0.25) is 24.1 Å². The van der Waals surface area contributed by atoms with Crippen LogP contribution in [0.15, 0.2) is 12.2 Å². The van der Waals surface area contributed by atoms with Gasteiger partial charge in [0.15, 0.2) is 0 Å². The molecule has 1 rings (SSSR count). The van der Waals surface area contributed by atoms with Crippen LogP contribution in [0.3, 0.4) is 0 Å². The Morgan fingerprint density at radius 3 is 2.42 bits per heavy atom. The molecule has 1 atom stereocenters. The van der Waals surface area contributed by atoms with Crippen LogP contribution in [0.1, 0.15) is 20.3 Å². The maximum Gasteiger partial charge on any atom is 0.326 e. The zero-order valence-corrected chi connectivity index (χ0v) is 13.7. The molecule has 134 valence electrons. The lowest BCUT2D eigenvalue weighted by Crippen LogP contribution is -2.47. The second kappa shape index (κ2) is 8.55. The predicted octanol–water partition coefficient (Wildman–Crippen LogP) is -1.66. The van der Waals surface area contributed by atoms with Gasteiger partial charge in [-0.15, -0.1) is 0 Å². The molecule has 3 amide bonds. The lowest BCUT2D eigenvalue weighted by atomic mass is 9.87. The Labute approximate surface area is 139 Å². The highest BCUT2D eigenvalue weighted by Gasteiger charge is 2.35. The van der Waals surface area contributed by atoms with E-state index in [0.29, 0.717) is 6.42 Å². The zero-order valence-electron chi connectivity index (χ0n) is 13.7. The molecule has 9 heteroatoms. The molecule has 0 aromatic carbocycles. The van der Waals surface area contributed by atoms with Crippen LogP contribution < -0.4 is 5.32 Å². The van der Waals surface area contributed by atoms with Gasteiger partial charge in [0.05, 0.1) is 6.61 Å². The van der Waals surface area contributed by atoms with Gasteiger partial charge in [0.2, 0.25) is 5.91 Å². The minimum Gasteiger partial charge on any atom is -0.464 e. The number of imide groups is 1. The van der Waals surface area contributed by atoms with Crippen LogP contribution >= 0.6 is 0 Å². The first-order chi connectivity index (χ1) is 11.2. The van der Waals surface area contributed by atoms with Gasteiger partial charge < -0.3 is 20.3 Å². The highest BCUT2D eigenvalue weighted by molar-refractivity contribution is 6.14. The first kappa shape index (κ1) is 19.8. The zero-order chi connectivity index (χ0) is 18.3. The first-order valence-electron chi connectivity index (χ1n) is 7.45. The molecule has 0 fully saturated rings. The third kappa shape index (κ3) is 5.43. The molecular formula is C15H22N2O7. The number of aliphatic hydroxyl groups is 2. The van der Waals surface area contributed by atoms with Crippen molar-refractivity contribution in [3.8, 4) is 0 Å². The van der Waals surface area contributed by atoms with Gasteiger partial charge >= 0.3 is 5.97 Å². The Morgan fingerprint density at radius 1 is 1.29 bits per heavy atom. The minimum atomic E-state index is -1.43. The fraction of sp³-hybridized carbons (Fsp3) is 0.600. The average Bonchev–Trinajstić information content (AvgIpc) is 2.84. The van der Waals surface area contributed by atoms with E-state index in [0.717, 1.165) is 17.1 Å². The van der Waals surface area contributed by atoms with E-state index >= 15 is 0 Å². The summed E-state index contributed by atoms with van der Waals surface area (Å²) in [6.07, 6.45) is 1.04. The van der Waals surface area contributed by atoms with Crippen LogP contribution in [0.25, 0.3) is 0 Å². The summed E-state index contributed by atoms with van der Waals surface area (Å²) in [5.41, 5.74) is -1.07. The van der Waals surface area contributed by atoms with Crippen LogP contribution in [-0.4, -0.2) is 71.2 Å². The number of nitrogens with one attached hydrogen (secondary N) is 1. The Morgan fingerprint density at radius 2 is 1.88 bits per heavy atom. The van der Waals surface area contributed by atoms with Crippen molar-refractivity contribution in [2.75, 3.05) is 26.3 Å². The first-order valence-corrected chi connectivity index (χ1v) is 7.45. The minimum absolute atomic E-state index is 0.0832. The largest absolute Gasteiger partial charge is 0.464 e. The Kier molecular flexibility index (Phi) is 7.05. The van der Waals surface area contributed by atoms with E-state index < -0.39 is 41.8 Å². The van der Waals surface area contributed by atoms with Crippen molar-refractivity contribution in [1.82, 2.24) is 10.2 Å². The number of esters is 1. The number of hydrogen-bond acceptors (Lipinski definition) is 7. The smallest absolute Gasteiger partial charge is 0.326 e. The van der Waals surface area contributed by atoms with Crippen molar-refractivity contribution in [2.45, 2.75) is 26.4 Å². The lowest BCUT2D eigenvalue weighted by molar-refractivity contribution is -0.157. The molecule has 0 aromatic heterocycles. The number of carbonyl (C=O) groups is 4. The Hall–Kier alpha value is -2.26. The summed E-state index contributed by atoms with van der Waals surface area (Å²) < 4.78 is 4.97. The van der Waals surface area contributed by atoms with E-state index in [4.69, 9.17) is 9.84 Å². The molecule has 1 aliphatic rings. The quantitative estimate of drug-likeness (QED) is 0.259. The van der Waals surface area contributed by atoms with E-state index in [1.807, 2.05) is 0 Å². The lowest BCUT2D eigenvalue weighted by Gasteiger charge is -2.29. The van der Waals surface area contributed by atoms with Crippen LogP contribution in [0.4, 0.5) is 0 Å².